The van der Waals surface area contributed by atoms with Crippen LogP contribution in [0.2, 0.25) is 5.02 Å². The lowest BCUT2D eigenvalue weighted by Crippen LogP contribution is -2.19. The molecule has 1 aromatic heterocycles. The minimum absolute atomic E-state index is 0.353. The number of halogens is 1. The number of pyridine rings is 1. The van der Waals surface area contributed by atoms with Crippen molar-refractivity contribution in [2.75, 3.05) is 5.32 Å². The molecule has 0 radical (unpaired) electrons. The van der Waals surface area contributed by atoms with E-state index in [1.807, 2.05) is 6.92 Å². The molecule has 0 aliphatic rings. The van der Waals surface area contributed by atoms with Crippen molar-refractivity contribution in [3.63, 3.8) is 0 Å². The number of anilines is 1. The maximum atomic E-state index is 9.00. The maximum Gasteiger partial charge on any atom is 0.163 e. The van der Waals surface area contributed by atoms with Gasteiger partial charge in [-0.25, -0.2) is 4.98 Å². The Bertz CT molecular complexity index is 405. The summed E-state index contributed by atoms with van der Waals surface area (Å²) in [7, 11) is 0. The van der Waals surface area contributed by atoms with E-state index in [-0.39, 0.29) is 0 Å². The lowest BCUT2D eigenvalue weighted by molar-refractivity contribution is 0.670. The molecule has 1 rings (SSSR count). The molecule has 0 saturated heterocycles. The summed E-state index contributed by atoms with van der Waals surface area (Å²) < 4.78 is 0. The monoisotopic (exact) mass is 237 g/mol. The first-order chi connectivity index (χ1) is 7.63. The molecule has 0 spiro atoms. The molecular formula is C12H16ClN3. The quantitative estimate of drug-likeness (QED) is 0.872. The summed E-state index contributed by atoms with van der Waals surface area (Å²) in [6, 6.07) is 2.44. The van der Waals surface area contributed by atoms with E-state index in [9.17, 15) is 0 Å². The highest BCUT2D eigenvalue weighted by Gasteiger charge is 2.13. The number of nitriles is 1. The fourth-order valence-corrected chi connectivity index (χ4v) is 1.68. The van der Waals surface area contributed by atoms with Crippen LogP contribution in [0.5, 0.6) is 0 Å². The average Bonchev–Trinajstić information content (AvgIpc) is 2.31. The van der Waals surface area contributed by atoms with Crippen LogP contribution in [-0.2, 0) is 0 Å². The third-order valence-corrected chi connectivity index (χ3v) is 3.10. The minimum Gasteiger partial charge on any atom is -0.380 e. The standard InChI is InChI=1S/C12H16ClN3/c1-4-9(5-2)16-12-8(3)10(13)7-15-11(12)6-14/h7,9,16H,4-5H2,1-3H3. The molecule has 86 valence electrons. The minimum atomic E-state index is 0.353. The van der Waals surface area contributed by atoms with E-state index < -0.39 is 0 Å². The van der Waals surface area contributed by atoms with E-state index in [4.69, 9.17) is 16.9 Å². The van der Waals surface area contributed by atoms with Crippen LogP contribution < -0.4 is 5.32 Å². The van der Waals surface area contributed by atoms with Crippen LogP contribution in [0.3, 0.4) is 0 Å². The topological polar surface area (TPSA) is 48.7 Å². The van der Waals surface area contributed by atoms with Gasteiger partial charge in [-0.1, -0.05) is 25.4 Å². The smallest absolute Gasteiger partial charge is 0.163 e. The number of nitrogens with zero attached hydrogens (tertiary/aromatic N) is 2. The summed E-state index contributed by atoms with van der Waals surface area (Å²) in [5.41, 5.74) is 2.07. The van der Waals surface area contributed by atoms with Crippen LogP contribution in [0.15, 0.2) is 6.20 Å². The Morgan fingerprint density at radius 1 is 1.50 bits per heavy atom. The van der Waals surface area contributed by atoms with Crippen molar-refractivity contribution in [3.8, 4) is 6.07 Å². The zero-order valence-corrected chi connectivity index (χ0v) is 10.6. The second-order valence-corrected chi connectivity index (χ2v) is 4.13. The lowest BCUT2D eigenvalue weighted by atomic mass is 10.1. The van der Waals surface area contributed by atoms with Crippen molar-refractivity contribution >= 4 is 17.3 Å². The van der Waals surface area contributed by atoms with Crippen LogP contribution in [0.4, 0.5) is 5.69 Å². The third kappa shape index (κ3) is 2.65. The van der Waals surface area contributed by atoms with Gasteiger partial charge in [-0.2, -0.15) is 5.26 Å². The first-order valence-electron chi connectivity index (χ1n) is 5.45. The van der Waals surface area contributed by atoms with Crippen LogP contribution in [-0.4, -0.2) is 11.0 Å². The molecule has 0 fully saturated rings. The number of aromatic nitrogens is 1. The summed E-state index contributed by atoms with van der Waals surface area (Å²) in [6.07, 6.45) is 3.54. The molecule has 16 heavy (non-hydrogen) atoms. The Morgan fingerprint density at radius 3 is 2.62 bits per heavy atom. The third-order valence-electron chi connectivity index (χ3n) is 2.72. The molecular weight excluding hydrogens is 222 g/mol. The Hall–Kier alpha value is -1.27. The van der Waals surface area contributed by atoms with Crippen molar-refractivity contribution in [1.29, 1.82) is 5.26 Å². The second kappa shape index (κ2) is 5.72. The van der Waals surface area contributed by atoms with Gasteiger partial charge in [0.2, 0.25) is 0 Å². The molecule has 1 heterocycles. The molecule has 0 atom stereocenters. The van der Waals surface area contributed by atoms with Crippen LogP contribution in [0, 0.1) is 18.3 Å². The van der Waals surface area contributed by atoms with Crippen molar-refractivity contribution in [1.82, 2.24) is 4.98 Å². The van der Waals surface area contributed by atoms with Gasteiger partial charge < -0.3 is 5.32 Å². The van der Waals surface area contributed by atoms with Crippen molar-refractivity contribution in [2.45, 2.75) is 39.7 Å². The van der Waals surface area contributed by atoms with E-state index >= 15 is 0 Å². The Morgan fingerprint density at radius 2 is 2.12 bits per heavy atom. The summed E-state index contributed by atoms with van der Waals surface area (Å²) in [5, 5.41) is 12.9. The Kier molecular flexibility index (Phi) is 4.57. The van der Waals surface area contributed by atoms with Gasteiger partial charge in [0.15, 0.2) is 5.69 Å². The van der Waals surface area contributed by atoms with E-state index in [0.717, 1.165) is 24.1 Å². The highest BCUT2D eigenvalue weighted by Crippen LogP contribution is 2.26. The zero-order valence-electron chi connectivity index (χ0n) is 9.84. The van der Waals surface area contributed by atoms with Gasteiger partial charge in [0.25, 0.3) is 0 Å². The molecule has 0 amide bonds. The van der Waals surface area contributed by atoms with Gasteiger partial charge in [0.05, 0.1) is 10.7 Å². The Labute approximate surface area is 101 Å². The van der Waals surface area contributed by atoms with E-state index in [1.54, 1.807) is 0 Å². The Balaban J connectivity index is 3.11. The van der Waals surface area contributed by atoms with Crippen LogP contribution in [0.1, 0.15) is 37.9 Å². The summed E-state index contributed by atoms with van der Waals surface area (Å²) in [4.78, 5) is 4.02. The van der Waals surface area contributed by atoms with Crippen molar-refractivity contribution in [3.05, 3.63) is 22.5 Å². The molecule has 0 aliphatic heterocycles. The highest BCUT2D eigenvalue weighted by atomic mass is 35.5. The molecule has 4 heteroatoms. The molecule has 1 N–H and O–H groups in total. The van der Waals surface area contributed by atoms with Gasteiger partial charge in [0, 0.05) is 12.2 Å². The first-order valence-corrected chi connectivity index (χ1v) is 5.83. The van der Waals surface area contributed by atoms with Crippen molar-refractivity contribution in [2.24, 2.45) is 0 Å². The summed E-state index contributed by atoms with van der Waals surface area (Å²) in [5.74, 6) is 0. The number of hydrogen-bond donors (Lipinski definition) is 1. The zero-order chi connectivity index (χ0) is 12.1. The number of hydrogen-bond acceptors (Lipinski definition) is 3. The predicted molar refractivity (Wildman–Crippen MR) is 66.7 cm³/mol. The van der Waals surface area contributed by atoms with Gasteiger partial charge in [-0.05, 0) is 25.3 Å². The fraction of sp³-hybridized carbons (Fsp3) is 0.500. The summed E-state index contributed by atoms with van der Waals surface area (Å²) in [6.45, 7) is 6.12. The molecule has 3 nitrogen and oxygen atoms in total. The van der Waals surface area contributed by atoms with Crippen molar-refractivity contribution < 1.29 is 0 Å². The molecule has 0 bridgehead atoms. The maximum absolute atomic E-state index is 9.00. The molecule has 0 aromatic carbocycles. The molecule has 0 unspecified atom stereocenters. The van der Waals surface area contributed by atoms with Gasteiger partial charge in [0.1, 0.15) is 6.07 Å². The average molecular weight is 238 g/mol. The molecule has 1 aromatic rings. The van der Waals surface area contributed by atoms with Crippen LogP contribution >= 0.6 is 11.6 Å². The van der Waals surface area contributed by atoms with E-state index in [0.29, 0.717) is 16.8 Å². The predicted octanol–water partition coefficient (Wildman–Crippen LogP) is 3.52. The van der Waals surface area contributed by atoms with Gasteiger partial charge in [-0.15, -0.1) is 0 Å². The molecule has 0 saturated carbocycles. The highest BCUT2D eigenvalue weighted by molar-refractivity contribution is 6.31. The largest absolute Gasteiger partial charge is 0.380 e. The lowest BCUT2D eigenvalue weighted by Gasteiger charge is -2.19. The second-order valence-electron chi connectivity index (χ2n) is 3.72. The van der Waals surface area contributed by atoms with E-state index in [1.165, 1.54) is 6.20 Å². The summed E-state index contributed by atoms with van der Waals surface area (Å²) >= 11 is 6.00. The van der Waals surface area contributed by atoms with Gasteiger partial charge in [-0.3, -0.25) is 0 Å². The van der Waals surface area contributed by atoms with Gasteiger partial charge >= 0.3 is 0 Å². The molecule has 0 aliphatic carbocycles. The van der Waals surface area contributed by atoms with Crippen LogP contribution in [0.25, 0.3) is 0 Å². The van der Waals surface area contributed by atoms with E-state index in [2.05, 4.69) is 30.2 Å². The number of nitrogens with one attached hydrogen (secondary N) is 1. The first kappa shape index (κ1) is 12.8. The normalized spacial score (nSPS) is 10.2. The number of rotatable bonds is 4. The SMILES string of the molecule is CCC(CC)Nc1c(C#N)ncc(Cl)c1C. The fourth-order valence-electron chi connectivity index (χ4n) is 1.54.